The number of nitrogens with zero attached hydrogens (tertiary/aromatic N) is 5. The maximum absolute atomic E-state index is 12.6. The second-order valence-corrected chi connectivity index (χ2v) is 9.58. The van der Waals surface area contributed by atoms with E-state index in [9.17, 15) is 22.8 Å². The van der Waals surface area contributed by atoms with E-state index in [1.54, 1.807) is 10.7 Å². The van der Waals surface area contributed by atoms with Crippen LogP contribution >= 0.6 is 11.6 Å². The topological polar surface area (TPSA) is 125 Å². The first-order valence-electron chi connectivity index (χ1n) is 11.6. The molecule has 3 heterocycles. The Morgan fingerprint density at radius 1 is 1.21 bits per heavy atom. The highest BCUT2D eigenvalue weighted by Gasteiger charge is 2.44. The number of hydrogen-bond donors (Lipinski definition) is 1. The Morgan fingerprint density at radius 3 is 2.47 bits per heavy atom. The van der Waals surface area contributed by atoms with Crippen LogP contribution in [0.25, 0.3) is 11.0 Å². The number of fused-ring (bicyclic) bond motifs is 1. The summed E-state index contributed by atoms with van der Waals surface area (Å²) in [6, 6.07) is 1.41. The zero-order chi connectivity index (χ0) is 28.1. The van der Waals surface area contributed by atoms with Gasteiger partial charge in [0.2, 0.25) is 0 Å². The van der Waals surface area contributed by atoms with Crippen molar-refractivity contribution in [3.05, 3.63) is 39.8 Å². The number of carbonyl (C=O) groups excluding carboxylic acids is 2. The summed E-state index contributed by atoms with van der Waals surface area (Å²) < 4.78 is 49.3. The number of hydrogen-bond acceptors (Lipinski definition) is 8. The molecule has 4 rings (SSSR count). The number of amides is 1. The van der Waals surface area contributed by atoms with Gasteiger partial charge in [0.15, 0.2) is 11.8 Å². The molecule has 1 aliphatic heterocycles. The van der Waals surface area contributed by atoms with Crippen molar-refractivity contribution in [1.29, 1.82) is 0 Å². The van der Waals surface area contributed by atoms with Crippen molar-refractivity contribution in [3.8, 4) is 5.75 Å². The molecule has 38 heavy (non-hydrogen) atoms. The second-order valence-electron chi connectivity index (χ2n) is 9.17. The van der Waals surface area contributed by atoms with Gasteiger partial charge in [0.05, 0.1) is 24.2 Å². The zero-order valence-electron chi connectivity index (χ0n) is 21.3. The smallest absolute Gasteiger partial charge is 0.490 e. The number of halogens is 4. The predicted octanol–water partition coefficient (Wildman–Crippen LogP) is 3.72. The van der Waals surface area contributed by atoms with Gasteiger partial charge in [-0.3, -0.25) is 4.79 Å². The third kappa shape index (κ3) is 4.70. The van der Waals surface area contributed by atoms with Crippen molar-refractivity contribution in [2.75, 3.05) is 25.9 Å². The Kier molecular flexibility index (Phi) is 7.17. The molecular formula is C24H26ClF3N6O4. The standard InChI is InChI=1S/C24H26ClF3N6O4/c1-10-16(25)6-15(12(3)34-21-18(11(2)32-34)20(29)30-9-31-21)19(37-5)17(10)14-7-33(8-14)22(35)13(4)38-23(36)24(26,27)28/h6,9,12-14H,7-8H2,1-5H3,(H2,29,30,31)/t12?,13-/m1/s1. The molecule has 0 radical (unpaired) electrons. The van der Waals surface area contributed by atoms with E-state index in [4.69, 9.17) is 22.1 Å². The number of anilines is 1. The second kappa shape index (κ2) is 9.93. The van der Waals surface area contributed by atoms with E-state index in [0.29, 0.717) is 33.3 Å². The molecule has 0 aliphatic carbocycles. The van der Waals surface area contributed by atoms with Crippen molar-refractivity contribution in [1.82, 2.24) is 24.6 Å². The number of ether oxygens (including phenoxy) is 2. The summed E-state index contributed by atoms with van der Waals surface area (Å²) >= 11 is 6.63. The number of nitrogen functional groups attached to an aromatic ring is 1. The van der Waals surface area contributed by atoms with Crippen LogP contribution < -0.4 is 10.5 Å². The highest BCUT2D eigenvalue weighted by atomic mass is 35.5. The van der Waals surface area contributed by atoms with E-state index in [1.807, 2.05) is 20.8 Å². The normalized spacial score (nSPS) is 15.8. The fourth-order valence-corrected chi connectivity index (χ4v) is 4.96. The fraction of sp³-hybridized carbons (Fsp3) is 0.458. The van der Waals surface area contributed by atoms with E-state index in [1.165, 1.54) is 18.3 Å². The molecule has 2 atom stereocenters. The van der Waals surface area contributed by atoms with Gasteiger partial charge in [0.25, 0.3) is 5.91 Å². The van der Waals surface area contributed by atoms with Gasteiger partial charge in [0.1, 0.15) is 17.9 Å². The minimum atomic E-state index is -5.18. The summed E-state index contributed by atoms with van der Waals surface area (Å²) in [5, 5.41) is 5.74. The van der Waals surface area contributed by atoms with Crippen molar-refractivity contribution in [2.45, 2.75) is 51.9 Å². The van der Waals surface area contributed by atoms with Crippen LogP contribution in [0.15, 0.2) is 12.4 Å². The van der Waals surface area contributed by atoms with Gasteiger partial charge in [-0.15, -0.1) is 0 Å². The zero-order valence-corrected chi connectivity index (χ0v) is 22.0. The average molecular weight is 555 g/mol. The highest BCUT2D eigenvalue weighted by Crippen LogP contribution is 2.44. The quantitative estimate of drug-likeness (QED) is 0.457. The van der Waals surface area contributed by atoms with Gasteiger partial charge in [0, 0.05) is 35.2 Å². The lowest BCUT2D eigenvalue weighted by Gasteiger charge is -2.42. The van der Waals surface area contributed by atoms with Crippen LogP contribution in [0, 0.1) is 13.8 Å². The number of aryl methyl sites for hydroxylation is 1. The Bertz CT molecular complexity index is 1420. The molecule has 1 amide bonds. The van der Waals surface area contributed by atoms with Gasteiger partial charge in [-0.2, -0.15) is 18.3 Å². The number of esters is 1. The Hall–Kier alpha value is -3.61. The first-order valence-corrected chi connectivity index (χ1v) is 12.0. The third-order valence-corrected chi connectivity index (χ3v) is 7.12. The summed E-state index contributed by atoms with van der Waals surface area (Å²) in [6.45, 7) is 7.02. The fourth-order valence-electron chi connectivity index (χ4n) is 4.74. The van der Waals surface area contributed by atoms with Crippen LogP contribution in [0.5, 0.6) is 5.75 Å². The number of likely N-dealkylation sites (tertiary alicyclic amines) is 1. The Morgan fingerprint density at radius 2 is 1.87 bits per heavy atom. The molecule has 0 bridgehead atoms. The molecule has 10 nitrogen and oxygen atoms in total. The molecule has 1 saturated heterocycles. The van der Waals surface area contributed by atoms with Crippen molar-refractivity contribution < 1.29 is 32.2 Å². The van der Waals surface area contributed by atoms with Gasteiger partial charge in [-0.05, 0) is 39.3 Å². The third-order valence-electron chi connectivity index (χ3n) is 6.73. The van der Waals surface area contributed by atoms with Gasteiger partial charge >= 0.3 is 12.1 Å². The molecule has 2 aromatic heterocycles. The summed E-state index contributed by atoms with van der Waals surface area (Å²) in [5.74, 6) is -2.47. The van der Waals surface area contributed by atoms with E-state index >= 15 is 0 Å². The summed E-state index contributed by atoms with van der Waals surface area (Å²) in [5.41, 5.74) is 9.49. The highest BCUT2D eigenvalue weighted by molar-refractivity contribution is 6.31. The lowest BCUT2D eigenvalue weighted by atomic mass is 9.85. The predicted molar refractivity (Wildman–Crippen MR) is 132 cm³/mol. The van der Waals surface area contributed by atoms with Crippen LogP contribution in [-0.4, -0.2) is 69.0 Å². The van der Waals surface area contributed by atoms with E-state index in [2.05, 4.69) is 19.8 Å². The molecule has 0 saturated carbocycles. The van der Waals surface area contributed by atoms with Crippen molar-refractivity contribution in [2.24, 2.45) is 0 Å². The van der Waals surface area contributed by atoms with E-state index < -0.39 is 24.2 Å². The number of methoxy groups -OCH3 is 1. The molecular weight excluding hydrogens is 529 g/mol. The maximum atomic E-state index is 12.6. The minimum absolute atomic E-state index is 0.186. The molecule has 14 heteroatoms. The molecule has 1 unspecified atom stereocenters. The Labute approximate surface area is 220 Å². The number of nitrogens with two attached hydrogens (primary N) is 1. The monoisotopic (exact) mass is 554 g/mol. The van der Waals surface area contributed by atoms with Crippen molar-refractivity contribution >= 4 is 40.3 Å². The van der Waals surface area contributed by atoms with Gasteiger partial charge < -0.3 is 20.1 Å². The lowest BCUT2D eigenvalue weighted by Crippen LogP contribution is -2.53. The summed E-state index contributed by atoms with van der Waals surface area (Å²) in [7, 11) is 1.52. The molecule has 0 spiro atoms. The lowest BCUT2D eigenvalue weighted by molar-refractivity contribution is -0.206. The molecule has 1 aromatic carbocycles. The van der Waals surface area contributed by atoms with Gasteiger partial charge in [-0.25, -0.2) is 19.4 Å². The van der Waals surface area contributed by atoms with Crippen LogP contribution in [-0.2, 0) is 14.3 Å². The van der Waals surface area contributed by atoms with Crippen LogP contribution in [0.4, 0.5) is 19.0 Å². The van der Waals surface area contributed by atoms with Gasteiger partial charge in [-0.1, -0.05) is 11.6 Å². The number of benzene rings is 1. The first kappa shape index (κ1) is 27.4. The molecule has 2 N–H and O–H groups in total. The summed E-state index contributed by atoms with van der Waals surface area (Å²) in [6.07, 6.45) is -5.39. The molecule has 1 fully saturated rings. The van der Waals surface area contributed by atoms with Crippen LogP contribution in [0.2, 0.25) is 5.02 Å². The Balaban J connectivity index is 1.63. The van der Waals surface area contributed by atoms with Crippen LogP contribution in [0.3, 0.4) is 0 Å². The number of carbonyl (C=O) groups is 2. The van der Waals surface area contributed by atoms with E-state index in [-0.39, 0.29) is 25.0 Å². The molecule has 1 aliphatic rings. The number of rotatable bonds is 6. The molecule has 204 valence electrons. The number of aromatic nitrogens is 4. The average Bonchev–Trinajstić information content (AvgIpc) is 3.16. The van der Waals surface area contributed by atoms with E-state index in [0.717, 1.165) is 23.6 Å². The summed E-state index contributed by atoms with van der Waals surface area (Å²) in [4.78, 5) is 33.4. The van der Waals surface area contributed by atoms with Crippen molar-refractivity contribution in [3.63, 3.8) is 0 Å². The minimum Gasteiger partial charge on any atom is -0.496 e. The number of alkyl halides is 3. The molecule has 3 aromatic rings. The SMILES string of the molecule is COc1c(C(C)n2nc(C)c3c(N)ncnc32)cc(Cl)c(C)c1C1CN(C(=O)[C@@H](C)OC(=O)C(F)(F)F)C1. The maximum Gasteiger partial charge on any atom is 0.490 e. The first-order chi connectivity index (χ1) is 17.8. The van der Waals surface area contributed by atoms with Crippen LogP contribution in [0.1, 0.15) is 48.2 Å². The largest absolute Gasteiger partial charge is 0.496 e.